The average molecular weight is 172 g/mol. The van der Waals surface area contributed by atoms with Crippen molar-refractivity contribution in [2.45, 2.75) is 58.2 Å². The molecule has 2 nitrogen and oxygen atoms in total. The van der Waals surface area contributed by atoms with Crippen molar-refractivity contribution in [1.29, 1.82) is 0 Å². The second-order valence-corrected chi connectivity index (χ2v) is 5.08. The molecule has 1 rings (SSSR count). The molecule has 2 unspecified atom stereocenters. The first-order valence-electron chi connectivity index (χ1n) is 4.65. The van der Waals surface area contributed by atoms with Gasteiger partial charge in [-0.05, 0) is 38.5 Å². The summed E-state index contributed by atoms with van der Waals surface area (Å²) >= 11 is 0. The number of aliphatic hydroxyl groups is 2. The van der Waals surface area contributed by atoms with Gasteiger partial charge < -0.3 is 10.2 Å². The summed E-state index contributed by atoms with van der Waals surface area (Å²) in [5.41, 5.74) is -2.10. The van der Waals surface area contributed by atoms with E-state index in [4.69, 9.17) is 0 Å². The molecule has 0 aliphatic heterocycles. The Morgan fingerprint density at radius 1 is 0.917 bits per heavy atom. The molecule has 0 heterocycles. The summed E-state index contributed by atoms with van der Waals surface area (Å²) in [7, 11) is 0. The van der Waals surface area contributed by atoms with Crippen LogP contribution in [0.5, 0.6) is 0 Å². The van der Waals surface area contributed by atoms with Crippen molar-refractivity contribution in [3.8, 4) is 0 Å². The Morgan fingerprint density at radius 2 is 1.42 bits per heavy atom. The molecule has 1 aliphatic carbocycles. The summed E-state index contributed by atoms with van der Waals surface area (Å²) in [6.07, 6.45) is 2.68. The van der Waals surface area contributed by atoms with Crippen molar-refractivity contribution in [1.82, 2.24) is 0 Å². The molecule has 0 bridgehead atoms. The third-order valence-electron chi connectivity index (χ3n) is 3.83. The topological polar surface area (TPSA) is 40.5 Å². The van der Waals surface area contributed by atoms with E-state index >= 15 is 0 Å². The predicted molar refractivity (Wildman–Crippen MR) is 48.9 cm³/mol. The number of hydrogen-bond donors (Lipinski definition) is 2. The standard InChI is InChI=1S/C10H20O2/c1-8(2)6-5-7-9(3,11)10(8,4)12/h11-12H,5-7H2,1-4H3. The zero-order chi connectivity index (χ0) is 9.62. The zero-order valence-corrected chi connectivity index (χ0v) is 8.52. The normalized spacial score (nSPS) is 47.5. The van der Waals surface area contributed by atoms with Gasteiger partial charge in [0.15, 0.2) is 0 Å². The molecule has 12 heavy (non-hydrogen) atoms. The first kappa shape index (κ1) is 10.0. The molecule has 1 aliphatic rings. The van der Waals surface area contributed by atoms with E-state index in [0.717, 1.165) is 12.8 Å². The van der Waals surface area contributed by atoms with Gasteiger partial charge in [-0.25, -0.2) is 0 Å². The minimum absolute atomic E-state index is 0.186. The highest BCUT2D eigenvalue weighted by atomic mass is 16.4. The van der Waals surface area contributed by atoms with E-state index in [1.165, 1.54) is 0 Å². The van der Waals surface area contributed by atoms with Crippen LogP contribution in [0.1, 0.15) is 47.0 Å². The third-order valence-corrected chi connectivity index (χ3v) is 3.83. The summed E-state index contributed by atoms with van der Waals surface area (Å²) in [5.74, 6) is 0. The van der Waals surface area contributed by atoms with Gasteiger partial charge in [-0.15, -0.1) is 0 Å². The largest absolute Gasteiger partial charge is 0.387 e. The number of hydrogen-bond acceptors (Lipinski definition) is 2. The Labute approximate surface area is 74.6 Å². The number of rotatable bonds is 0. The summed E-state index contributed by atoms with van der Waals surface area (Å²) in [5, 5.41) is 20.2. The van der Waals surface area contributed by atoms with E-state index in [2.05, 4.69) is 0 Å². The summed E-state index contributed by atoms with van der Waals surface area (Å²) in [4.78, 5) is 0. The van der Waals surface area contributed by atoms with Gasteiger partial charge >= 0.3 is 0 Å². The highest BCUT2D eigenvalue weighted by Crippen LogP contribution is 2.48. The van der Waals surface area contributed by atoms with E-state index in [1.54, 1.807) is 13.8 Å². The van der Waals surface area contributed by atoms with Crippen LogP contribution in [0.15, 0.2) is 0 Å². The molecule has 2 atom stereocenters. The fourth-order valence-electron chi connectivity index (χ4n) is 2.09. The van der Waals surface area contributed by atoms with Crippen LogP contribution in [0, 0.1) is 5.41 Å². The van der Waals surface area contributed by atoms with Gasteiger partial charge in [0.2, 0.25) is 0 Å². The van der Waals surface area contributed by atoms with Gasteiger partial charge in [-0.1, -0.05) is 13.8 Å². The van der Waals surface area contributed by atoms with Crippen LogP contribution in [0.2, 0.25) is 0 Å². The smallest absolute Gasteiger partial charge is 0.0953 e. The molecule has 1 saturated carbocycles. The molecule has 0 saturated heterocycles. The van der Waals surface area contributed by atoms with Crippen molar-refractivity contribution in [2.24, 2.45) is 5.41 Å². The first-order valence-corrected chi connectivity index (χ1v) is 4.65. The monoisotopic (exact) mass is 172 g/mol. The van der Waals surface area contributed by atoms with E-state index in [1.807, 2.05) is 13.8 Å². The minimum atomic E-state index is -0.974. The van der Waals surface area contributed by atoms with Crippen molar-refractivity contribution < 1.29 is 10.2 Å². The molecule has 1 fully saturated rings. The lowest BCUT2D eigenvalue weighted by Gasteiger charge is -2.53. The SMILES string of the molecule is CC1(C)CCCC(C)(O)C1(C)O. The van der Waals surface area contributed by atoms with Gasteiger partial charge in [-0.2, -0.15) is 0 Å². The molecule has 2 N–H and O–H groups in total. The van der Waals surface area contributed by atoms with E-state index in [9.17, 15) is 10.2 Å². The van der Waals surface area contributed by atoms with Crippen LogP contribution in [-0.4, -0.2) is 21.4 Å². The van der Waals surface area contributed by atoms with Gasteiger partial charge in [0.25, 0.3) is 0 Å². The molecule has 2 heteroatoms. The Hall–Kier alpha value is -0.0800. The van der Waals surface area contributed by atoms with Crippen LogP contribution >= 0.6 is 0 Å². The van der Waals surface area contributed by atoms with Gasteiger partial charge in [0.1, 0.15) is 0 Å². The molecular formula is C10H20O2. The highest BCUT2D eigenvalue weighted by molar-refractivity contribution is 5.05. The van der Waals surface area contributed by atoms with Crippen LogP contribution in [0.3, 0.4) is 0 Å². The van der Waals surface area contributed by atoms with Crippen molar-refractivity contribution in [3.63, 3.8) is 0 Å². The second kappa shape index (κ2) is 2.46. The molecule has 0 aromatic carbocycles. The van der Waals surface area contributed by atoms with Crippen LogP contribution < -0.4 is 0 Å². The summed E-state index contributed by atoms with van der Waals surface area (Å²) in [6.45, 7) is 7.50. The molecule has 0 aromatic heterocycles. The quantitative estimate of drug-likeness (QED) is 0.584. The van der Waals surface area contributed by atoms with Crippen molar-refractivity contribution >= 4 is 0 Å². The molecule has 72 valence electrons. The molecule has 0 aromatic rings. The molecule has 0 amide bonds. The van der Waals surface area contributed by atoms with Gasteiger partial charge in [0.05, 0.1) is 11.2 Å². The Morgan fingerprint density at radius 3 is 1.75 bits per heavy atom. The maximum absolute atomic E-state index is 10.2. The Kier molecular flexibility index (Phi) is 2.05. The van der Waals surface area contributed by atoms with Gasteiger partial charge in [-0.3, -0.25) is 0 Å². The van der Waals surface area contributed by atoms with E-state index < -0.39 is 11.2 Å². The first-order chi connectivity index (χ1) is 5.21. The Balaban J connectivity index is 2.99. The predicted octanol–water partition coefficient (Wildman–Crippen LogP) is 1.70. The highest BCUT2D eigenvalue weighted by Gasteiger charge is 2.54. The lowest BCUT2D eigenvalue weighted by molar-refractivity contribution is -0.212. The van der Waals surface area contributed by atoms with Crippen molar-refractivity contribution in [3.05, 3.63) is 0 Å². The van der Waals surface area contributed by atoms with Crippen LogP contribution in [-0.2, 0) is 0 Å². The van der Waals surface area contributed by atoms with Crippen molar-refractivity contribution in [2.75, 3.05) is 0 Å². The molecule has 0 spiro atoms. The van der Waals surface area contributed by atoms with Crippen LogP contribution in [0.4, 0.5) is 0 Å². The Bertz CT molecular complexity index is 162. The summed E-state index contributed by atoms with van der Waals surface area (Å²) < 4.78 is 0. The molecule has 0 radical (unpaired) electrons. The lowest BCUT2D eigenvalue weighted by Crippen LogP contribution is -2.61. The van der Waals surface area contributed by atoms with E-state index in [0.29, 0.717) is 6.42 Å². The third kappa shape index (κ3) is 1.17. The van der Waals surface area contributed by atoms with Gasteiger partial charge in [0, 0.05) is 0 Å². The summed E-state index contributed by atoms with van der Waals surface area (Å²) in [6, 6.07) is 0. The minimum Gasteiger partial charge on any atom is -0.387 e. The fraction of sp³-hybridized carbons (Fsp3) is 1.00. The average Bonchev–Trinajstić information content (AvgIpc) is 1.83. The maximum Gasteiger partial charge on any atom is 0.0953 e. The fourth-order valence-corrected chi connectivity index (χ4v) is 2.09. The second-order valence-electron chi connectivity index (χ2n) is 5.08. The van der Waals surface area contributed by atoms with Crippen LogP contribution in [0.25, 0.3) is 0 Å². The van der Waals surface area contributed by atoms with E-state index in [-0.39, 0.29) is 5.41 Å². The zero-order valence-electron chi connectivity index (χ0n) is 8.52. The lowest BCUT2D eigenvalue weighted by atomic mass is 9.59. The molecular weight excluding hydrogens is 152 g/mol. The maximum atomic E-state index is 10.2.